The molecule has 1 atom stereocenters. The first-order chi connectivity index (χ1) is 12.9. The van der Waals surface area contributed by atoms with Gasteiger partial charge in [0.1, 0.15) is 17.2 Å². The Morgan fingerprint density at radius 1 is 1.22 bits per heavy atom. The fourth-order valence-electron chi connectivity index (χ4n) is 2.73. The Balaban J connectivity index is 1.72. The van der Waals surface area contributed by atoms with Crippen LogP contribution in [-0.2, 0) is 9.59 Å². The number of amides is 2. The summed E-state index contributed by atoms with van der Waals surface area (Å²) in [6.07, 6.45) is -1.09. The number of ether oxygens (including phenoxy) is 3. The van der Waals surface area contributed by atoms with Gasteiger partial charge in [-0.2, -0.15) is 0 Å². The zero-order valence-corrected chi connectivity index (χ0v) is 15.8. The average molecular weight is 391 g/mol. The van der Waals surface area contributed by atoms with Crippen molar-refractivity contribution >= 4 is 34.8 Å². The molecular weight excluding hydrogens is 372 g/mol. The molecule has 142 valence electrons. The molecule has 1 heterocycles. The zero-order valence-electron chi connectivity index (χ0n) is 15.1. The van der Waals surface area contributed by atoms with Gasteiger partial charge in [-0.15, -0.1) is 0 Å². The molecule has 0 saturated heterocycles. The van der Waals surface area contributed by atoms with Crippen molar-refractivity contribution in [1.29, 1.82) is 0 Å². The molecule has 7 nitrogen and oxygen atoms in total. The minimum Gasteiger partial charge on any atom is -0.495 e. The highest BCUT2D eigenvalue weighted by Crippen LogP contribution is 2.36. The summed E-state index contributed by atoms with van der Waals surface area (Å²) in [5.41, 5.74) is 1.97. The van der Waals surface area contributed by atoms with E-state index in [1.807, 2.05) is 19.1 Å². The second-order valence-electron chi connectivity index (χ2n) is 6.03. The molecule has 0 saturated carbocycles. The SMILES string of the molecule is COc1cc(OC)c(NC(=O)C[C@H]2Oc3ccc(C)cc3NC2=O)cc1Cl. The van der Waals surface area contributed by atoms with E-state index in [1.165, 1.54) is 20.3 Å². The van der Waals surface area contributed by atoms with Crippen LogP contribution in [0.3, 0.4) is 0 Å². The Morgan fingerprint density at radius 2 is 1.96 bits per heavy atom. The van der Waals surface area contributed by atoms with Gasteiger partial charge in [-0.3, -0.25) is 9.59 Å². The van der Waals surface area contributed by atoms with E-state index in [9.17, 15) is 9.59 Å². The summed E-state index contributed by atoms with van der Waals surface area (Å²) in [7, 11) is 2.95. The molecule has 1 aliphatic rings. The third kappa shape index (κ3) is 4.09. The summed E-state index contributed by atoms with van der Waals surface area (Å²) in [6.45, 7) is 1.92. The number of carbonyl (C=O) groups excluding carboxylic acids is 2. The van der Waals surface area contributed by atoms with Crippen molar-refractivity contribution in [2.75, 3.05) is 24.9 Å². The van der Waals surface area contributed by atoms with Crippen LogP contribution < -0.4 is 24.8 Å². The highest BCUT2D eigenvalue weighted by atomic mass is 35.5. The molecular formula is C19H19ClN2O5. The summed E-state index contributed by atoms with van der Waals surface area (Å²) in [4.78, 5) is 24.7. The monoisotopic (exact) mass is 390 g/mol. The molecule has 0 unspecified atom stereocenters. The largest absolute Gasteiger partial charge is 0.495 e. The van der Waals surface area contributed by atoms with Crippen molar-refractivity contribution < 1.29 is 23.8 Å². The van der Waals surface area contributed by atoms with E-state index in [-0.39, 0.29) is 12.3 Å². The van der Waals surface area contributed by atoms with Crippen LogP contribution in [0.5, 0.6) is 17.2 Å². The van der Waals surface area contributed by atoms with Crippen LogP contribution in [0.25, 0.3) is 0 Å². The predicted octanol–water partition coefficient (Wildman–Crippen LogP) is 3.39. The molecule has 0 bridgehead atoms. The lowest BCUT2D eigenvalue weighted by molar-refractivity contribution is -0.128. The molecule has 1 aliphatic heterocycles. The lowest BCUT2D eigenvalue weighted by atomic mass is 10.1. The second kappa shape index (κ2) is 7.75. The number of nitrogens with one attached hydrogen (secondary N) is 2. The van der Waals surface area contributed by atoms with Gasteiger partial charge in [0.05, 0.1) is 37.0 Å². The van der Waals surface area contributed by atoms with Crippen molar-refractivity contribution in [3.8, 4) is 17.2 Å². The Kier molecular flexibility index (Phi) is 5.41. The Morgan fingerprint density at radius 3 is 2.67 bits per heavy atom. The second-order valence-corrected chi connectivity index (χ2v) is 6.44. The third-order valence-corrected chi connectivity index (χ3v) is 4.37. The highest BCUT2D eigenvalue weighted by molar-refractivity contribution is 6.32. The lowest BCUT2D eigenvalue weighted by Crippen LogP contribution is -2.39. The maximum atomic E-state index is 12.4. The van der Waals surface area contributed by atoms with Crippen LogP contribution in [0.1, 0.15) is 12.0 Å². The number of hydrogen-bond donors (Lipinski definition) is 2. The van der Waals surface area contributed by atoms with Crippen LogP contribution in [0.4, 0.5) is 11.4 Å². The van der Waals surface area contributed by atoms with E-state index in [2.05, 4.69) is 10.6 Å². The Labute approximate surface area is 161 Å². The van der Waals surface area contributed by atoms with Crippen molar-refractivity contribution in [3.05, 3.63) is 40.9 Å². The third-order valence-electron chi connectivity index (χ3n) is 4.07. The van der Waals surface area contributed by atoms with Gasteiger partial charge >= 0.3 is 0 Å². The van der Waals surface area contributed by atoms with Gasteiger partial charge in [-0.1, -0.05) is 17.7 Å². The molecule has 8 heteroatoms. The van der Waals surface area contributed by atoms with E-state index in [0.29, 0.717) is 33.6 Å². The standard InChI is InChI=1S/C19H19ClN2O5/c1-10-4-5-14-12(6-10)22-19(24)17(27-14)9-18(23)21-13-7-11(20)15(25-2)8-16(13)26-3/h4-8,17H,9H2,1-3H3,(H,21,23)(H,22,24)/t17-/m1/s1. The molecule has 0 aromatic heterocycles. The number of carbonyl (C=O) groups is 2. The molecule has 3 rings (SSSR count). The minimum absolute atomic E-state index is 0.161. The maximum absolute atomic E-state index is 12.4. The number of aryl methyl sites for hydroxylation is 1. The molecule has 2 amide bonds. The topological polar surface area (TPSA) is 85.9 Å². The van der Waals surface area contributed by atoms with E-state index < -0.39 is 12.0 Å². The van der Waals surface area contributed by atoms with E-state index in [1.54, 1.807) is 12.1 Å². The molecule has 0 spiro atoms. The molecule has 2 N–H and O–H groups in total. The van der Waals surface area contributed by atoms with Gasteiger partial charge in [0.2, 0.25) is 5.91 Å². The predicted molar refractivity (Wildman–Crippen MR) is 102 cm³/mol. The van der Waals surface area contributed by atoms with Gasteiger partial charge in [-0.05, 0) is 30.7 Å². The summed E-state index contributed by atoms with van der Waals surface area (Å²) in [5.74, 6) is 0.559. The highest BCUT2D eigenvalue weighted by Gasteiger charge is 2.30. The zero-order chi connectivity index (χ0) is 19.6. The van der Waals surface area contributed by atoms with Gasteiger partial charge in [0.25, 0.3) is 5.91 Å². The van der Waals surface area contributed by atoms with Crippen molar-refractivity contribution in [3.63, 3.8) is 0 Å². The fraction of sp³-hybridized carbons (Fsp3) is 0.263. The summed E-state index contributed by atoms with van der Waals surface area (Å²) in [6, 6.07) is 8.55. The smallest absolute Gasteiger partial charge is 0.266 e. The van der Waals surface area contributed by atoms with Crippen molar-refractivity contribution in [2.24, 2.45) is 0 Å². The first-order valence-corrected chi connectivity index (χ1v) is 8.58. The Hall–Kier alpha value is -2.93. The number of fused-ring (bicyclic) bond motifs is 1. The van der Waals surface area contributed by atoms with Gasteiger partial charge in [0, 0.05) is 6.07 Å². The molecule has 2 aromatic rings. The van der Waals surface area contributed by atoms with Crippen LogP contribution >= 0.6 is 11.6 Å². The quantitative estimate of drug-likeness (QED) is 0.817. The van der Waals surface area contributed by atoms with E-state index in [0.717, 1.165) is 5.56 Å². The Bertz CT molecular complexity index is 900. The fourth-order valence-corrected chi connectivity index (χ4v) is 2.97. The summed E-state index contributed by atoms with van der Waals surface area (Å²) < 4.78 is 16.0. The number of hydrogen-bond acceptors (Lipinski definition) is 5. The summed E-state index contributed by atoms with van der Waals surface area (Å²) >= 11 is 6.11. The van der Waals surface area contributed by atoms with Crippen molar-refractivity contribution in [2.45, 2.75) is 19.4 Å². The molecule has 0 radical (unpaired) electrons. The molecule has 0 fully saturated rings. The minimum atomic E-state index is -0.931. The molecule has 0 aliphatic carbocycles. The van der Waals surface area contributed by atoms with Crippen LogP contribution in [-0.4, -0.2) is 32.1 Å². The molecule has 2 aromatic carbocycles. The number of rotatable bonds is 5. The van der Waals surface area contributed by atoms with Gasteiger partial charge < -0.3 is 24.8 Å². The average Bonchev–Trinajstić information content (AvgIpc) is 2.62. The van der Waals surface area contributed by atoms with Crippen molar-refractivity contribution in [1.82, 2.24) is 0 Å². The lowest BCUT2D eigenvalue weighted by Gasteiger charge is -2.25. The van der Waals surface area contributed by atoms with Crippen LogP contribution in [0.2, 0.25) is 5.02 Å². The number of halogens is 1. The number of anilines is 2. The van der Waals surface area contributed by atoms with Gasteiger partial charge in [-0.25, -0.2) is 0 Å². The van der Waals surface area contributed by atoms with E-state index in [4.69, 9.17) is 25.8 Å². The molecule has 27 heavy (non-hydrogen) atoms. The number of methoxy groups -OCH3 is 2. The normalized spacial score (nSPS) is 15.3. The number of benzene rings is 2. The van der Waals surface area contributed by atoms with Crippen LogP contribution in [0, 0.1) is 6.92 Å². The first-order valence-electron chi connectivity index (χ1n) is 8.21. The van der Waals surface area contributed by atoms with Crippen LogP contribution in [0.15, 0.2) is 30.3 Å². The summed E-state index contributed by atoms with van der Waals surface area (Å²) in [5, 5.41) is 5.77. The van der Waals surface area contributed by atoms with E-state index >= 15 is 0 Å². The maximum Gasteiger partial charge on any atom is 0.266 e. The van der Waals surface area contributed by atoms with Gasteiger partial charge in [0.15, 0.2) is 6.10 Å². The first kappa shape index (κ1) is 18.8.